The molecular weight excluding hydrogens is 232 g/mol. The molecule has 0 saturated heterocycles. The molecule has 0 aliphatic rings. The van der Waals surface area contributed by atoms with E-state index in [4.69, 9.17) is 1.37 Å². The zero-order valence-corrected chi connectivity index (χ0v) is 9.89. The van der Waals surface area contributed by atoms with Gasteiger partial charge in [0, 0.05) is 7.79 Å². The fourth-order valence-corrected chi connectivity index (χ4v) is 1.06. The molecule has 0 aliphatic heterocycles. The van der Waals surface area contributed by atoms with Gasteiger partial charge in [0.25, 0.3) is 0 Å². The van der Waals surface area contributed by atoms with Crippen LogP contribution in [0.4, 0.5) is 0 Å². The van der Waals surface area contributed by atoms with Gasteiger partial charge in [0.1, 0.15) is 0 Å². The first kappa shape index (κ1) is 13.4. The number of esters is 3. The average Bonchev–Trinajstić information content (AvgIpc) is 2.41. The van der Waals surface area contributed by atoms with Gasteiger partial charge in [-0.1, -0.05) is 0 Å². The minimum Gasteiger partial charge on any atom is -0.469 e. The smallest absolute Gasteiger partial charge is 0.338 e. The molecule has 0 aliphatic carbocycles. The van der Waals surface area contributed by atoms with Crippen LogP contribution < -0.4 is 0 Å². The molecule has 0 heterocycles. The Labute approximate surface area is 100 Å². The van der Waals surface area contributed by atoms with E-state index < -0.39 is 36.3 Å². The first-order valence-corrected chi connectivity index (χ1v) is 4.71. The van der Waals surface area contributed by atoms with Crippen molar-refractivity contribution in [2.45, 2.75) is 24.8 Å². The molecule has 0 spiro atoms. The van der Waals surface area contributed by atoms with E-state index in [0.29, 0.717) is 0 Å². The fraction of sp³-hybridized carbons (Fsp3) is 0.700. The quantitative estimate of drug-likeness (QED) is 0.496. The lowest BCUT2D eigenvalue weighted by Gasteiger charge is -2.23. The summed E-state index contributed by atoms with van der Waals surface area (Å²) in [5.74, 6) is -2.97. The van der Waals surface area contributed by atoms with Crippen LogP contribution in [0.15, 0.2) is 0 Å². The van der Waals surface area contributed by atoms with Crippen molar-refractivity contribution in [2.24, 2.45) is 0 Å². The van der Waals surface area contributed by atoms with Crippen LogP contribution in [0, 0.1) is 0 Å². The number of hydrogen-bond donors (Lipinski definition) is 1. The van der Waals surface area contributed by atoms with Gasteiger partial charge in [-0.2, -0.15) is 0 Å². The van der Waals surface area contributed by atoms with Crippen molar-refractivity contribution in [3.8, 4) is 0 Å². The maximum Gasteiger partial charge on any atom is 0.338 e. The largest absolute Gasteiger partial charge is 0.469 e. The minimum absolute atomic E-state index is 0.339. The van der Waals surface area contributed by atoms with Crippen molar-refractivity contribution >= 4 is 17.9 Å². The number of hydrogen-bond acceptors (Lipinski definition) is 7. The summed E-state index contributed by atoms with van der Waals surface area (Å²) in [7, 11) is 3.15. The van der Waals surface area contributed by atoms with E-state index in [1.54, 1.807) is 0 Å². The molecule has 0 aromatic rings. The maximum atomic E-state index is 11.4. The highest BCUT2D eigenvalue weighted by molar-refractivity contribution is 5.86. The Morgan fingerprint density at radius 1 is 1.12 bits per heavy atom. The number of carbonyl (C=O) groups excluding carboxylic acids is 3. The second-order valence-electron chi connectivity index (χ2n) is 3.16. The highest BCUT2D eigenvalue weighted by Gasteiger charge is 2.40. The zero-order chi connectivity index (χ0) is 14.3. The maximum absolute atomic E-state index is 11.4. The molecule has 0 bridgehead atoms. The highest BCUT2D eigenvalue weighted by atomic mass is 16.5. The van der Waals surface area contributed by atoms with Gasteiger partial charge in [0.15, 0.2) is 5.60 Å². The van der Waals surface area contributed by atoms with Crippen molar-refractivity contribution in [2.75, 3.05) is 21.3 Å². The molecule has 0 fully saturated rings. The van der Waals surface area contributed by atoms with Crippen LogP contribution in [0.25, 0.3) is 0 Å². The number of rotatable bonds is 6. The molecule has 0 saturated carbocycles. The van der Waals surface area contributed by atoms with E-state index in [1.165, 1.54) is 0 Å². The number of ether oxygens (including phenoxy) is 3. The van der Waals surface area contributed by atoms with Crippen LogP contribution in [0.5, 0.6) is 0 Å². The van der Waals surface area contributed by atoms with Crippen LogP contribution in [0.2, 0.25) is 0 Å². The van der Waals surface area contributed by atoms with Crippen LogP contribution in [0.1, 0.15) is 20.6 Å². The Bertz CT molecular complexity index is 330. The van der Waals surface area contributed by atoms with Gasteiger partial charge in [0.2, 0.25) is 0 Å². The average molecular weight is 249 g/mol. The highest BCUT2D eigenvalue weighted by Crippen LogP contribution is 2.20. The standard InChI is InChI=1S/C10H16O7/c1-15-7(11)4-5-10(14,9(13)17-3)6-8(12)16-2/h14H,4-6H2,1-3H3/t10-/m1/s1/i6D/t6-,10+/m0. The Morgan fingerprint density at radius 3 is 2.06 bits per heavy atom. The Morgan fingerprint density at radius 2 is 1.65 bits per heavy atom. The molecule has 1 N–H and O–H groups in total. The van der Waals surface area contributed by atoms with Gasteiger partial charge in [-0.3, -0.25) is 9.59 Å². The minimum atomic E-state index is -2.45. The topological polar surface area (TPSA) is 99.1 Å². The van der Waals surface area contributed by atoms with Crippen LogP contribution in [-0.2, 0) is 28.6 Å². The van der Waals surface area contributed by atoms with Crippen LogP contribution in [0.3, 0.4) is 0 Å². The van der Waals surface area contributed by atoms with Gasteiger partial charge in [-0.05, 0) is 6.42 Å². The SMILES string of the molecule is [2H][C@@H](C(=O)OC)[C@](O)(CCC(=O)OC)C(=O)OC. The molecule has 0 aromatic heterocycles. The molecule has 2 atom stereocenters. The predicted octanol–water partition coefficient (Wildman–Crippen LogP) is -0.593. The Hall–Kier alpha value is -1.63. The molecule has 17 heavy (non-hydrogen) atoms. The number of methoxy groups -OCH3 is 3. The van der Waals surface area contributed by atoms with E-state index in [-0.39, 0.29) is 6.42 Å². The van der Waals surface area contributed by atoms with Gasteiger partial charge < -0.3 is 19.3 Å². The summed E-state index contributed by atoms with van der Waals surface area (Å²) in [6, 6.07) is 0. The second kappa shape index (κ2) is 6.85. The molecule has 7 nitrogen and oxygen atoms in total. The van der Waals surface area contributed by atoms with Crippen molar-refractivity contribution in [1.82, 2.24) is 0 Å². The first-order chi connectivity index (χ1) is 8.33. The molecule has 0 amide bonds. The van der Waals surface area contributed by atoms with Gasteiger partial charge in [-0.15, -0.1) is 0 Å². The molecule has 0 unspecified atom stereocenters. The first-order valence-electron chi connectivity index (χ1n) is 5.28. The van der Waals surface area contributed by atoms with Crippen molar-refractivity contribution in [1.29, 1.82) is 0 Å². The van der Waals surface area contributed by atoms with E-state index >= 15 is 0 Å². The molecule has 0 aromatic carbocycles. The third kappa shape index (κ3) is 4.81. The number of carbonyl (C=O) groups is 3. The lowest BCUT2D eigenvalue weighted by molar-refractivity contribution is -0.171. The summed E-state index contributed by atoms with van der Waals surface area (Å²) < 4.78 is 20.4. The summed E-state index contributed by atoms with van der Waals surface area (Å²) in [4.78, 5) is 33.6. The Balaban J connectivity index is 4.99. The lowest BCUT2D eigenvalue weighted by atomic mass is 9.94. The monoisotopic (exact) mass is 249 g/mol. The molecule has 7 heteroatoms. The summed E-state index contributed by atoms with van der Waals surface area (Å²) in [6.45, 7) is 0. The van der Waals surface area contributed by atoms with Gasteiger partial charge >= 0.3 is 17.9 Å². The predicted molar refractivity (Wildman–Crippen MR) is 54.8 cm³/mol. The second-order valence-corrected chi connectivity index (χ2v) is 3.16. The molecule has 0 radical (unpaired) electrons. The Kier molecular flexibility index (Phi) is 5.41. The summed E-state index contributed by atoms with van der Waals surface area (Å²) in [5.41, 5.74) is -2.45. The van der Waals surface area contributed by atoms with Crippen LogP contribution in [-0.4, -0.2) is 49.9 Å². The molecule has 0 rings (SSSR count). The third-order valence-corrected chi connectivity index (χ3v) is 2.03. The number of aliphatic hydroxyl groups is 1. The van der Waals surface area contributed by atoms with Gasteiger partial charge in [-0.25, -0.2) is 4.79 Å². The van der Waals surface area contributed by atoms with Crippen molar-refractivity contribution in [3.63, 3.8) is 0 Å². The van der Waals surface area contributed by atoms with Crippen molar-refractivity contribution < 1.29 is 35.1 Å². The summed E-state index contributed by atoms with van der Waals surface area (Å²) in [6.07, 6.45) is -2.72. The van der Waals surface area contributed by atoms with E-state index in [0.717, 1.165) is 21.3 Å². The van der Waals surface area contributed by atoms with E-state index in [9.17, 15) is 19.5 Å². The normalized spacial score (nSPS) is 16.1. The van der Waals surface area contributed by atoms with Gasteiger partial charge in [0.05, 0.1) is 27.7 Å². The van der Waals surface area contributed by atoms with E-state index in [2.05, 4.69) is 14.2 Å². The third-order valence-electron chi connectivity index (χ3n) is 2.03. The summed E-state index contributed by atoms with van der Waals surface area (Å²) >= 11 is 0. The zero-order valence-electron chi connectivity index (χ0n) is 10.9. The van der Waals surface area contributed by atoms with Crippen LogP contribution >= 0.6 is 0 Å². The fourth-order valence-electron chi connectivity index (χ4n) is 1.06. The van der Waals surface area contributed by atoms with E-state index in [1.807, 2.05) is 0 Å². The lowest BCUT2D eigenvalue weighted by Crippen LogP contribution is -2.42. The molecular formula is C10H16O7. The molecule has 98 valence electrons. The van der Waals surface area contributed by atoms with Crippen molar-refractivity contribution in [3.05, 3.63) is 0 Å². The summed E-state index contributed by atoms with van der Waals surface area (Å²) in [5, 5.41) is 10.0.